The number of halogens is 1. The maximum absolute atomic E-state index is 12.6. The summed E-state index contributed by atoms with van der Waals surface area (Å²) in [6.45, 7) is 2.33. The second-order valence-electron chi connectivity index (χ2n) is 6.40. The van der Waals surface area contributed by atoms with E-state index in [1.807, 2.05) is 19.1 Å². The molecule has 1 heterocycles. The lowest BCUT2D eigenvalue weighted by Gasteiger charge is -2.10. The number of nitrogen functional groups attached to an aromatic ring is 1. The summed E-state index contributed by atoms with van der Waals surface area (Å²) in [4.78, 5) is 32.8. The highest BCUT2D eigenvalue weighted by Crippen LogP contribution is 2.20. The maximum Gasteiger partial charge on any atom is 0.273 e. The molecule has 3 rings (SSSR count). The van der Waals surface area contributed by atoms with Crippen molar-refractivity contribution >= 4 is 29.2 Å². The monoisotopic (exact) mass is 409 g/mol. The van der Waals surface area contributed by atoms with Crippen molar-refractivity contribution in [3.05, 3.63) is 76.1 Å². The summed E-state index contributed by atoms with van der Waals surface area (Å²) in [5.74, 6) is -0.611. The van der Waals surface area contributed by atoms with Crippen LogP contribution < -0.4 is 16.4 Å². The predicted octanol–water partition coefficient (Wildman–Crippen LogP) is 2.98. The summed E-state index contributed by atoms with van der Waals surface area (Å²) < 4.78 is 0. The first-order valence-electron chi connectivity index (χ1n) is 8.87. The van der Waals surface area contributed by atoms with Crippen LogP contribution in [0.4, 0.5) is 5.82 Å². The first-order chi connectivity index (χ1) is 13.9. The van der Waals surface area contributed by atoms with Crippen molar-refractivity contribution in [2.24, 2.45) is 0 Å². The van der Waals surface area contributed by atoms with Crippen LogP contribution in [0.15, 0.2) is 48.7 Å². The molecule has 7 nitrogen and oxygen atoms in total. The molecule has 0 fully saturated rings. The molecule has 0 spiro atoms. The van der Waals surface area contributed by atoms with Gasteiger partial charge in [-0.2, -0.15) is 0 Å². The summed E-state index contributed by atoms with van der Waals surface area (Å²) in [7, 11) is 1.49. The molecule has 0 bridgehead atoms. The van der Waals surface area contributed by atoms with Crippen LogP contribution >= 0.6 is 11.6 Å². The van der Waals surface area contributed by atoms with Crippen LogP contribution in [-0.2, 0) is 6.54 Å². The van der Waals surface area contributed by atoms with E-state index in [0.717, 1.165) is 11.1 Å². The van der Waals surface area contributed by atoms with Crippen LogP contribution in [0.2, 0.25) is 5.02 Å². The zero-order valence-corrected chi connectivity index (χ0v) is 16.7. The second-order valence-corrected chi connectivity index (χ2v) is 6.84. The van der Waals surface area contributed by atoms with Crippen LogP contribution in [-0.4, -0.2) is 28.8 Å². The van der Waals surface area contributed by atoms with Crippen LogP contribution in [0, 0.1) is 6.92 Å². The Kier molecular flexibility index (Phi) is 6.09. The van der Waals surface area contributed by atoms with E-state index in [4.69, 9.17) is 17.3 Å². The number of hydrogen-bond donors (Lipinski definition) is 3. The van der Waals surface area contributed by atoms with E-state index in [2.05, 4.69) is 20.6 Å². The van der Waals surface area contributed by atoms with E-state index in [0.29, 0.717) is 28.4 Å². The van der Waals surface area contributed by atoms with Gasteiger partial charge in [0.1, 0.15) is 0 Å². The van der Waals surface area contributed by atoms with Crippen LogP contribution in [0.5, 0.6) is 0 Å². The van der Waals surface area contributed by atoms with Gasteiger partial charge in [-0.05, 0) is 42.3 Å². The van der Waals surface area contributed by atoms with Crippen molar-refractivity contribution in [1.82, 2.24) is 20.6 Å². The summed E-state index contributed by atoms with van der Waals surface area (Å²) in [6.07, 6.45) is 1.47. The minimum Gasteiger partial charge on any atom is -0.382 e. The van der Waals surface area contributed by atoms with Crippen molar-refractivity contribution in [2.45, 2.75) is 13.5 Å². The SMILES string of the molecule is CNC(=O)c1nc(-c2cccc(C(=O)NCc3ccc(Cl)cc3C)c2)cnc1N. The predicted molar refractivity (Wildman–Crippen MR) is 113 cm³/mol. The molecule has 2 aromatic carbocycles. The van der Waals surface area contributed by atoms with Gasteiger partial charge in [0.15, 0.2) is 11.5 Å². The largest absolute Gasteiger partial charge is 0.382 e. The third-order valence-electron chi connectivity index (χ3n) is 4.41. The molecule has 0 aliphatic heterocycles. The summed E-state index contributed by atoms with van der Waals surface area (Å²) >= 11 is 5.97. The third-order valence-corrected chi connectivity index (χ3v) is 4.64. The first-order valence-corrected chi connectivity index (χ1v) is 9.25. The average molecular weight is 410 g/mol. The Morgan fingerprint density at radius 1 is 1.14 bits per heavy atom. The number of amides is 2. The molecule has 0 aliphatic carbocycles. The van der Waals surface area contributed by atoms with E-state index in [1.165, 1.54) is 13.2 Å². The van der Waals surface area contributed by atoms with Crippen LogP contribution in [0.1, 0.15) is 32.0 Å². The molecule has 3 aromatic rings. The minimum atomic E-state index is -0.427. The van der Waals surface area contributed by atoms with Crippen LogP contribution in [0.3, 0.4) is 0 Å². The van der Waals surface area contributed by atoms with Crippen molar-refractivity contribution in [2.75, 3.05) is 12.8 Å². The van der Waals surface area contributed by atoms with E-state index in [-0.39, 0.29) is 17.4 Å². The highest BCUT2D eigenvalue weighted by atomic mass is 35.5. The van der Waals surface area contributed by atoms with Crippen molar-refractivity contribution in [1.29, 1.82) is 0 Å². The number of carbonyl (C=O) groups is 2. The lowest BCUT2D eigenvalue weighted by molar-refractivity contribution is 0.0945. The molecule has 148 valence electrons. The summed E-state index contributed by atoms with van der Waals surface area (Å²) in [5.41, 5.74) is 9.32. The Bertz CT molecular complexity index is 1080. The lowest BCUT2D eigenvalue weighted by Crippen LogP contribution is -2.23. The van der Waals surface area contributed by atoms with Gasteiger partial charge in [0.2, 0.25) is 0 Å². The maximum atomic E-state index is 12.6. The van der Waals surface area contributed by atoms with Gasteiger partial charge in [0.25, 0.3) is 11.8 Å². The number of hydrogen-bond acceptors (Lipinski definition) is 5. The number of aryl methyl sites for hydroxylation is 1. The van der Waals surface area contributed by atoms with Crippen molar-refractivity contribution < 1.29 is 9.59 Å². The van der Waals surface area contributed by atoms with E-state index in [9.17, 15) is 9.59 Å². The molecule has 2 amide bonds. The molecule has 0 unspecified atom stereocenters. The molecule has 29 heavy (non-hydrogen) atoms. The molecule has 0 aliphatic rings. The van der Waals surface area contributed by atoms with Gasteiger partial charge in [0, 0.05) is 29.7 Å². The topological polar surface area (TPSA) is 110 Å². The van der Waals surface area contributed by atoms with E-state index >= 15 is 0 Å². The summed E-state index contributed by atoms with van der Waals surface area (Å²) in [5, 5.41) is 6.04. The molecule has 0 saturated heterocycles. The Morgan fingerprint density at radius 2 is 1.93 bits per heavy atom. The van der Waals surface area contributed by atoms with Gasteiger partial charge in [-0.3, -0.25) is 9.59 Å². The number of carbonyl (C=O) groups excluding carboxylic acids is 2. The Balaban J connectivity index is 1.80. The fourth-order valence-corrected chi connectivity index (χ4v) is 3.00. The Morgan fingerprint density at radius 3 is 2.66 bits per heavy atom. The second kappa shape index (κ2) is 8.70. The molecule has 8 heteroatoms. The van der Waals surface area contributed by atoms with Gasteiger partial charge >= 0.3 is 0 Å². The normalized spacial score (nSPS) is 10.4. The van der Waals surface area contributed by atoms with E-state index < -0.39 is 5.91 Å². The number of anilines is 1. The zero-order valence-electron chi connectivity index (χ0n) is 16.0. The van der Waals surface area contributed by atoms with Crippen LogP contribution in [0.25, 0.3) is 11.3 Å². The van der Waals surface area contributed by atoms with Gasteiger partial charge in [-0.15, -0.1) is 0 Å². The minimum absolute atomic E-state index is 0.0399. The quantitative estimate of drug-likeness (QED) is 0.600. The fraction of sp³-hybridized carbons (Fsp3) is 0.143. The van der Waals surface area contributed by atoms with Gasteiger partial charge < -0.3 is 16.4 Å². The highest BCUT2D eigenvalue weighted by Gasteiger charge is 2.14. The molecular formula is C21H20ClN5O2. The number of benzene rings is 2. The number of nitrogens with zero attached hydrogens (tertiary/aromatic N) is 2. The Labute approximate surface area is 173 Å². The average Bonchev–Trinajstić information content (AvgIpc) is 2.72. The van der Waals surface area contributed by atoms with Gasteiger partial charge in [0.05, 0.1) is 11.9 Å². The molecule has 4 N–H and O–H groups in total. The van der Waals surface area contributed by atoms with Crippen molar-refractivity contribution in [3.63, 3.8) is 0 Å². The third kappa shape index (κ3) is 4.70. The number of aromatic nitrogens is 2. The Hall–Kier alpha value is -3.45. The molecule has 1 aromatic heterocycles. The molecule has 0 saturated carbocycles. The molecule has 0 atom stereocenters. The smallest absolute Gasteiger partial charge is 0.273 e. The molecule has 0 radical (unpaired) electrons. The van der Waals surface area contributed by atoms with Crippen molar-refractivity contribution in [3.8, 4) is 11.3 Å². The van der Waals surface area contributed by atoms with E-state index in [1.54, 1.807) is 30.3 Å². The van der Waals surface area contributed by atoms with Gasteiger partial charge in [-0.25, -0.2) is 9.97 Å². The lowest BCUT2D eigenvalue weighted by atomic mass is 10.1. The number of rotatable bonds is 5. The first kappa shape index (κ1) is 20.3. The fourth-order valence-electron chi connectivity index (χ4n) is 2.78. The highest BCUT2D eigenvalue weighted by molar-refractivity contribution is 6.30. The number of nitrogens with two attached hydrogens (primary N) is 1. The zero-order chi connectivity index (χ0) is 21.0. The summed E-state index contributed by atoms with van der Waals surface area (Å²) in [6, 6.07) is 12.5. The molecular weight excluding hydrogens is 390 g/mol. The standard InChI is InChI=1S/C21H20ClN5O2/c1-12-8-16(22)7-6-15(12)10-26-20(28)14-5-3-4-13(9-14)17-11-25-19(23)18(27-17)21(29)24-2/h3-9,11H,10H2,1-2H3,(H2,23,25)(H,24,29)(H,26,28). The van der Waals surface area contributed by atoms with Gasteiger partial charge in [-0.1, -0.05) is 29.8 Å². The number of nitrogens with one attached hydrogen (secondary N) is 2.